The van der Waals surface area contributed by atoms with Gasteiger partial charge >= 0.3 is 0 Å². The Bertz CT molecular complexity index is 648. The Balaban J connectivity index is 1.90. The van der Waals surface area contributed by atoms with Crippen molar-refractivity contribution in [3.8, 4) is 0 Å². The number of likely N-dealkylation sites (tertiary alicyclic amines) is 1. The zero-order valence-electron chi connectivity index (χ0n) is 12.7. The van der Waals surface area contributed by atoms with E-state index in [1.807, 2.05) is 42.2 Å². The van der Waals surface area contributed by atoms with Gasteiger partial charge in [0, 0.05) is 12.1 Å². The van der Waals surface area contributed by atoms with E-state index in [1.54, 1.807) is 0 Å². The number of rotatable bonds is 2. The number of carbonyl (C=O) groups excluding carboxylic acids is 1. The van der Waals surface area contributed by atoms with Gasteiger partial charge in [-0.1, -0.05) is 48.0 Å². The van der Waals surface area contributed by atoms with Crippen LogP contribution in [0.1, 0.15) is 45.9 Å². The quantitative estimate of drug-likeness (QED) is 0.803. The van der Waals surface area contributed by atoms with E-state index in [0.717, 1.165) is 30.5 Å². The molecule has 1 heterocycles. The van der Waals surface area contributed by atoms with Crippen molar-refractivity contribution in [2.75, 3.05) is 6.54 Å². The molecule has 2 aromatic carbocycles. The lowest BCUT2D eigenvalue weighted by Gasteiger charge is -2.26. The van der Waals surface area contributed by atoms with Crippen LogP contribution in [0.2, 0.25) is 0 Å². The van der Waals surface area contributed by atoms with E-state index in [-0.39, 0.29) is 11.9 Å². The van der Waals surface area contributed by atoms with Crippen LogP contribution < -0.4 is 0 Å². The zero-order valence-corrected chi connectivity index (χ0v) is 12.7. The zero-order chi connectivity index (χ0) is 14.8. The van der Waals surface area contributed by atoms with Crippen LogP contribution in [0, 0.1) is 13.8 Å². The highest BCUT2D eigenvalue weighted by Gasteiger charge is 2.30. The van der Waals surface area contributed by atoms with Gasteiger partial charge in [-0.2, -0.15) is 0 Å². The maximum Gasteiger partial charge on any atom is 0.254 e. The summed E-state index contributed by atoms with van der Waals surface area (Å²) in [6.45, 7) is 4.93. The highest BCUT2D eigenvalue weighted by atomic mass is 16.2. The summed E-state index contributed by atoms with van der Waals surface area (Å²) in [6, 6.07) is 16.7. The molecule has 2 aromatic rings. The van der Waals surface area contributed by atoms with Gasteiger partial charge < -0.3 is 4.90 Å². The van der Waals surface area contributed by atoms with E-state index in [4.69, 9.17) is 0 Å². The first kappa shape index (κ1) is 13.9. The molecular weight excluding hydrogens is 258 g/mol. The molecule has 108 valence electrons. The van der Waals surface area contributed by atoms with Crippen molar-refractivity contribution in [2.24, 2.45) is 0 Å². The molecule has 0 aliphatic carbocycles. The first-order valence-electron chi connectivity index (χ1n) is 7.60. The van der Waals surface area contributed by atoms with Gasteiger partial charge in [0.2, 0.25) is 0 Å². The van der Waals surface area contributed by atoms with E-state index in [2.05, 4.69) is 25.1 Å². The van der Waals surface area contributed by atoms with E-state index in [9.17, 15) is 4.79 Å². The molecule has 1 aliphatic heterocycles. The number of carbonyl (C=O) groups is 1. The smallest absolute Gasteiger partial charge is 0.254 e. The molecule has 0 bridgehead atoms. The van der Waals surface area contributed by atoms with Crippen molar-refractivity contribution in [3.05, 3.63) is 70.8 Å². The molecule has 1 saturated heterocycles. The van der Waals surface area contributed by atoms with Crippen LogP contribution in [-0.4, -0.2) is 17.4 Å². The van der Waals surface area contributed by atoms with Gasteiger partial charge in [0.05, 0.1) is 6.04 Å². The van der Waals surface area contributed by atoms with Gasteiger partial charge in [-0.05, 0) is 43.9 Å². The molecule has 2 nitrogen and oxygen atoms in total. The molecule has 0 unspecified atom stereocenters. The molecule has 0 aromatic heterocycles. The summed E-state index contributed by atoms with van der Waals surface area (Å²) in [5, 5.41) is 0. The second kappa shape index (κ2) is 5.72. The Morgan fingerprint density at radius 2 is 1.86 bits per heavy atom. The fraction of sp³-hybridized carbons (Fsp3) is 0.316. The molecular formula is C19H21NO. The normalized spacial score (nSPS) is 18.0. The van der Waals surface area contributed by atoms with E-state index in [1.165, 1.54) is 11.1 Å². The van der Waals surface area contributed by atoms with Crippen molar-refractivity contribution < 1.29 is 4.79 Å². The third kappa shape index (κ3) is 2.71. The molecule has 21 heavy (non-hydrogen) atoms. The maximum atomic E-state index is 12.9. The van der Waals surface area contributed by atoms with Crippen LogP contribution in [0.25, 0.3) is 0 Å². The number of aryl methyl sites for hydroxylation is 2. The number of nitrogens with zero attached hydrogens (tertiary/aromatic N) is 1. The van der Waals surface area contributed by atoms with Crippen molar-refractivity contribution in [1.29, 1.82) is 0 Å². The van der Waals surface area contributed by atoms with Gasteiger partial charge in [-0.15, -0.1) is 0 Å². The van der Waals surface area contributed by atoms with Crippen molar-refractivity contribution in [1.82, 2.24) is 4.90 Å². The predicted molar refractivity (Wildman–Crippen MR) is 85.4 cm³/mol. The Hall–Kier alpha value is -2.09. The van der Waals surface area contributed by atoms with Gasteiger partial charge in [0.15, 0.2) is 0 Å². The minimum absolute atomic E-state index is 0.166. The Kier molecular flexibility index (Phi) is 3.78. The summed E-state index contributed by atoms with van der Waals surface area (Å²) in [4.78, 5) is 14.9. The topological polar surface area (TPSA) is 20.3 Å². The fourth-order valence-corrected chi connectivity index (χ4v) is 3.24. The molecule has 0 radical (unpaired) electrons. The lowest BCUT2D eigenvalue weighted by molar-refractivity contribution is 0.0735. The first-order valence-corrected chi connectivity index (χ1v) is 7.60. The van der Waals surface area contributed by atoms with Gasteiger partial charge in [-0.25, -0.2) is 0 Å². The monoisotopic (exact) mass is 279 g/mol. The molecule has 1 fully saturated rings. The number of hydrogen-bond acceptors (Lipinski definition) is 1. The van der Waals surface area contributed by atoms with Crippen LogP contribution in [0.15, 0.2) is 48.5 Å². The van der Waals surface area contributed by atoms with Crippen LogP contribution in [0.4, 0.5) is 0 Å². The largest absolute Gasteiger partial charge is 0.332 e. The second-order valence-electron chi connectivity index (χ2n) is 5.89. The third-order valence-corrected chi connectivity index (χ3v) is 4.31. The van der Waals surface area contributed by atoms with Gasteiger partial charge in [0.1, 0.15) is 0 Å². The van der Waals surface area contributed by atoms with Crippen molar-refractivity contribution in [2.45, 2.75) is 32.7 Å². The second-order valence-corrected chi connectivity index (χ2v) is 5.89. The van der Waals surface area contributed by atoms with Crippen LogP contribution in [0.5, 0.6) is 0 Å². The molecule has 0 N–H and O–H groups in total. The SMILES string of the molecule is Cc1ccc(C(=O)N2CCC[C@H]2c2ccccc2)c(C)c1. The fourth-order valence-electron chi connectivity index (χ4n) is 3.24. The van der Waals surface area contributed by atoms with Gasteiger partial charge in [0.25, 0.3) is 5.91 Å². The third-order valence-electron chi connectivity index (χ3n) is 4.31. The van der Waals surface area contributed by atoms with Crippen LogP contribution in [0.3, 0.4) is 0 Å². The van der Waals surface area contributed by atoms with E-state index in [0.29, 0.717) is 0 Å². The first-order chi connectivity index (χ1) is 10.2. The lowest BCUT2D eigenvalue weighted by atomic mass is 10.0. The average molecular weight is 279 g/mol. The molecule has 1 amide bonds. The lowest BCUT2D eigenvalue weighted by Crippen LogP contribution is -2.31. The summed E-state index contributed by atoms with van der Waals surface area (Å²) in [6.07, 6.45) is 2.14. The van der Waals surface area contributed by atoms with E-state index < -0.39 is 0 Å². The highest BCUT2D eigenvalue weighted by molar-refractivity contribution is 5.96. The number of hydrogen-bond donors (Lipinski definition) is 0. The molecule has 0 saturated carbocycles. The molecule has 2 heteroatoms. The Labute approximate surface area is 126 Å². The van der Waals surface area contributed by atoms with Crippen molar-refractivity contribution >= 4 is 5.91 Å². The maximum absolute atomic E-state index is 12.9. The van der Waals surface area contributed by atoms with Crippen LogP contribution >= 0.6 is 0 Å². The van der Waals surface area contributed by atoms with E-state index >= 15 is 0 Å². The number of amides is 1. The van der Waals surface area contributed by atoms with Gasteiger partial charge in [-0.3, -0.25) is 4.79 Å². The minimum atomic E-state index is 0.166. The average Bonchev–Trinajstić information content (AvgIpc) is 2.97. The summed E-state index contributed by atoms with van der Waals surface area (Å²) in [5.41, 5.74) is 4.35. The Morgan fingerprint density at radius 1 is 1.10 bits per heavy atom. The highest BCUT2D eigenvalue weighted by Crippen LogP contribution is 2.33. The summed E-state index contributed by atoms with van der Waals surface area (Å²) >= 11 is 0. The number of benzene rings is 2. The summed E-state index contributed by atoms with van der Waals surface area (Å²) in [5.74, 6) is 0.166. The standard InChI is InChI=1S/C19H21NO/c1-14-10-11-17(15(2)13-14)19(21)20-12-6-9-18(20)16-7-4-3-5-8-16/h3-5,7-8,10-11,13,18H,6,9,12H2,1-2H3/t18-/m0/s1. The Morgan fingerprint density at radius 3 is 2.57 bits per heavy atom. The van der Waals surface area contributed by atoms with Crippen molar-refractivity contribution in [3.63, 3.8) is 0 Å². The molecule has 3 rings (SSSR count). The molecule has 1 aliphatic rings. The molecule has 1 atom stereocenters. The minimum Gasteiger partial charge on any atom is -0.332 e. The predicted octanol–water partition coefficient (Wildman–Crippen LogP) is 4.28. The molecule has 0 spiro atoms. The summed E-state index contributed by atoms with van der Waals surface area (Å²) in [7, 11) is 0. The summed E-state index contributed by atoms with van der Waals surface area (Å²) < 4.78 is 0. The van der Waals surface area contributed by atoms with Crippen LogP contribution in [-0.2, 0) is 0 Å².